The van der Waals surface area contributed by atoms with Crippen molar-refractivity contribution >= 4 is 29.2 Å². The molecule has 0 bridgehead atoms. The molecule has 0 amide bonds. The SMILES string of the molecule is CNc1nccc2c(B3OC(C)(C)C(C)(C)O3)cccc12. The second-order valence-corrected chi connectivity index (χ2v) is 6.44. The second kappa shape index (κ2) is 4.72. The monoisotopic (exact) mass is 284 g/mol. The van der Waals surface area contributed by atoms with Crippen molar-refractivity contribution in [3.05, 3.63) is 30.5 Å². The maximum atomic E-state index is 6.17. The first-order valence-electron chi connectivity index (χ1n) is 7.27. The van der Waals surface area contributed by atoms with Gasteiger partial charge in [-0.05, 0) is 44.6 Å². The van der Waals surface area contributed by atoms with Crippen LogP contribution in [-0.4, -0.2) is 30.4 Å². The zero-order valence-corrected chi connectivity index (χ0v) is 13.2. The van der Waals surface area contributed by atoms with Crippen molar-refractivity contribution in [1.29, 1.82) is 0 Å². The van der Waals surface area contributed by atoms with Crippen LogP contribution in [0.4, 0.5) is 5.82 Å². The number of aromatic nitrogens is 1. The molecule has 1 aliphatic rings. The average Bonchev–Trinajstić information content (AvgIpc) is 2.66. The number of nitrogens with zero attached hydrogens (tertiary/aromatic N) is 1. The Hall–Kier alpha value is -1.59. The van der Waals surface area contributed by atoms with Gasteiger partial charge in [0.05, 0.1) is 11.2 Å². The fourth-order valence-corrected chi connectivity index (χ4v) is 2.61. The van der Waals surface area contributed by atoms with E-state index in [1.54, 1.807) is 0 Å². The summed E-state index contributed by atoms with van der Waals surface area (Å²) in [5, 5.41) is 5.31. The van der Waals surface area contributed by atoms with Crippen molar-refractivity contribution < 1.29 is 9.31 Å². The van der Waals surface area contributed by atoms with Gasteiger partial charge in [0.25, 0.3) is 0 Å². The number of rotatable bonds is 2. The van der Waals surface area contributed by atoms with E-state index in [2.05, 4.69) is 50.1 Å². The normalized spacial score (nSPS) is 20.0. The summed E-state index contributed by atoms with van der Waals surface area (Å²) in [5.41, 5.74) is 0.377. The predicted molar refractivity (Wildman–Crippen MR) is 87.0 cm³/mol. The molecule has 2 aromatic rings. The average molecular weight is 284 g/mol. The van der Waals surface area contributed by atoms with Crippen LogP contribution >= 0.6 is 0 Å². The number of hydrogen-bond acceptors (Lipinski definition) is 4. The number of nitrogens with one attached hydrogen (secondary N) is 1. The molecule has 0 spiro atoms. The molecule has 0 aliphatic carbocycles. The molecule has 0 radical (unpaired) electrons. The first-order valence-corrected chi connectivity index (χ1v) is 7.27. The van der Waals surface area contributed by atoms with Crippen molar-refractivity contribution in [2.45, 2.75) is 38.9 Å². The number of anilines is 1. The third-order valence-corrected chi connectivity index (χ3v) is 4.58. The molecule has 1 saturated heterocycles. The summed E-state index contributed by atoms with van der Waals surface area (Å²) in [6.45, 7) is 8.27. The van der Waals surface area contributed by atoms with Crippen LogP contribution in [0.1, 0.15) is 27.7 Å². The Morgan fingerprint density at radius 2 is 1.67 bits per heavy atom. The fourth-order valence-electron chi connectivity index (χ4n) is 2.61. The maximum Gasteiger partial charge on any atom is 0.495 e. The lowest BCUT2D eigenvalue weighted by atomic mass is 9.76. The minimum Gasteiger partial charge on any atom is -0.399 e. The highest BCUT2D eigenvalue weighted by Crippen LogP contribution is 2.37. The molecule has 2 heterocycles. The van der Waals surface area contributed by atoms with Crippen LogP contribution in [-0.2, 0) is 9.31 Å². The summed E-state index contributed by atoms with van der Waals surface area (Å²) in [5.74, 6) is 0.867. The summed E-state index contributed by atoms with van der Waals surface area (Å²) in [6, 6.07) is 8.15. The van der Waals surface area contributed by atoms with Crippen LogP contribution in [0.5, 0.6) is 0 Å². The van der Waals surface area contributed by atoms with Crippen molar-refractivity contribution in [2.75, 3.05) is 12.4 Å². The standard InChI is InChI=1S/C16H21BN2O2/c1-15(2)16(3,4)21-17(20-15)13-8-6-7-12-11(13)9-10-19-14(12)18-5/h6-10H,1-5H3,(H,18,19). The third kappa shape index (κ3) is 2.21. The fraction of sp³-hybridized carbons (Fsp3) is 0.438. The molecule has 0 unspecified atom stereocenters. The zero-order chi connectivity index (χ0) is 15.3. The molecular formula is C16H21BN2O2. The van der Waals surface area contributed by atoms with Crippen molar-refractivity contribution in [3.8, 4) is 0 Å². The smallest absolute Gasteiger partial charge is 0.399 e. The minimum absolute atomic E-state index is 0.335. The van der Waals surface area contributed by atoms with Crippen molar-refractivity contribution in [3.63, 3.8) is 0 Å². The van der Waals surface area contributed by atoms with Gasteiger partial charge in [0.1, 0.15) is 5.82 Å². The molecule has 0 atom stereocenters. The minimum atomic E-state index is -0.356. The van der Waals surface area contributed by atoms with Crippen LogP contribution in [0, 0.1) is 0 Å². The summed E-state index contributed by atoms with van der Waals surface area (Å²) in [7, 11) is 1.52. The van der Waals surface area contributed by atoms with Gasteiger partial charge >= 0.3 is 7.12 Å². The Labute approximate surface area is 126 Å². The van der Waals surface area contributed by atoms with E-state index in [4.69, 9.17) is 9.31 Å². The lowest BCUT2D eigenvalue weighted by Gasteiger charge is -2.32. The topological polar surface area (TPSA) is 43.4 Å². The van der Waals surface area contributed by atoms with Gasteiger partial charge < -0.3 is 14.6 Å². The van der Waals surface area contributed by atoms with E-state index in [0.29, 0.717) is 0 Å². The van der Waals surface area contributed by atoms with Gasteiger partial charge in [-0.1, -0.05) is 18.2 Å². The molecule has 1 aromatic heterocycles. The quantitative estimate of drug-likeness (QED) is 0.861. The molecule has 4 nitrogen and oxygen atoms in total. The van der Waals surface area contributed by atoms with Gasteiger partial charge in [0.15, 0.2) is 0 Å². The number of pyridine rings is 1. The van der Waals surface area contributed by atoms with E-state index in [0.717, 1.165) is 22.1 Å². The zero-order valence-electron chi connectivity index (χ0n) is 13.2. The molecule has 1 N–H and O–H groups in total. The van der Waals surface area contributed by atoms with Crippen molar-refractivity contribution in [1.82, 2.24) is 4.98 Å². The van der Waals surface area contributed by atoms with Gasteiger partial charge in [0.2, 0.25) is 0 Å². The predicted octanol–water partition coefficient (Wildman–Crippen LogP) is 2.58. The van der Waals surface area contributed by atoms with Gasteiger partial charge in [-0.3, -0.25) is 0 Å². The van der Waals surface area contributed by atoms with E-state index >= 15 is 0 Å². The van der Waals surface area contributed by atoms with Crippen LogP contribution in [0.25, 0.3) is 10.8 Å². The van der Waals surface area contributed by atoms with Crippen molar-refractivity contribution in [2.24, 2.45) is 0 Å². The first-order chi connectivity index (χ1) is 9.86. The van der Waals surface area contributed by atoms with E-state index in [9.17, 15) is 0 Å². The highest BCUT2D eigenvalue weighted by atomic mass is 16.7. The summed E-state index contributed by atoms with van der Waals surface area (Å²) >= 11 is 0. The first kappa shape index (κ1) is 14.4. The van der Waals surface area contributed by atoms with Crippen LogP contribution < -0.4 is 10.8 Å². The van der Waals surface area contributed by atoms with E-state index < -0.39 is 0 Å². The summed E-state index contributed by atoms with van der Waals surface area (Å²) < 4.78 is 12.3. The molecule has 5 heteroatoms. The largest absolute Gasteiger partial charge is 0.495 e. The van der Waals surface area contributed by atoms with Gasteiger partial charge in [-0.2, -0.15) is 0 Å². The number of benzene rings is 1. The Morgan fingerprint density at radius 3 is 2.29 bits per heavy atom. The lowest BCUT2D eigenvalue weighted by Crippen LogP contribution is -2.41. The lowest BCUT2D eigenvalue weighted by molar-refractivity contribution is 0.00578. The third-order valence-electron chi connectivity index (χ3n) is 4.58. The van der Waals surface area contributed by atoms with Crippen LogP contribution in [0.2, 0.25) is 0 Å². The molecule has 3 rings (SSSR count). The molecule has 110 valence electrons. The van der Waals surface area contributed by atoms with Crippen LogP contribution in [0.15, 0.2) is 30.5 Å². The Kier molecular flexibility index (Phi) is 3.22. The highest BCUT2D eigenvalue weighted by molar-refractivity contribution is 6.65. The molecule has 1 aliphatic heterocycles. The van der Waals surface area contributed by atoms with Crippen LogP contribution in [0.3, 0.4) is 0 Å². The molecule has 1 fully saturated rings. The summed E-state index contributed by atoms with van der Waals surface area (Å²) in [6.07, 6.45) is 1.81. The Morgan fingerprint density at radius 1 is 1.00 bits per heavy atom. The molecule has 1 aromatic carbocycles. The molecular weight excluding hydrogens is 263 g/mol. The second-order valence-electron chi connectivity index (χ2n) is 6.44. The highest BCUT2D eigenvalue weighted by Gasteiger charge is 2.52. The number of fused-ring (bicyclic) bond motifs is 1. The summed E-state index contributed by atoms with van der Waals surface area (Å²) in [4.78, 5) is 4.36. The number of hydrogen-bond donors (Lipinski definition) is 1. The Balaban J connectivity index is 2.11. The van der Waals surface area contributed by atoms with Gasteiger partial charge in [-0.25, -0.2) is 4.98 Å². The van der Waals surface area contributed by atoms with E-state index in [1.807, 2.05) is 25.4 Å². The van der Waals surface area contributed by atoms with E-state index in [1.165, 1.54) is 0 Å². The molecule has 21 heavy (non-hydrogen) atoms. The van der Waals surface area contributed by atoms with E-state index in [-0.39, 0.29) is 18.3 Å². The maximum absolute atomic E-state index is 6.17. The van der Waals surface area contributed by atoms with Gasteiger partial charge in [-0.15, -0.1) is 0 Å². The van der Waals surface area contributed by atoms with Gasteiger partial charge in [0, 0.05) is 18.6 Å². The Bertz CT molecular complexity index is 669. The molecule has 0 saturated carbocycles.